The van der Waals surface area contributed by atoms with Crippen LogP contribution in [0, 0.1) is 6.92 Å². The summed E-state index contributed by atoms with van der Waals surface area (Å²) in [6, 6.07) is 7.77. The van der Waals surface area contributed by atoms with Crippen molar-refractivity contribution in [3.8, 4) is 0 Å². The summed E-state index contributed by atoms with van der Waals surface area (Å²) < 4.78 is 27.7. The number of fused-ring (bicyclic) bond motifs is 1. The Bertz CT molecular complexity index is 902. The molecule has 1 aromatic heterocycles. The van der Waals surface area contributed by atoms with Crippen molar-refractivity contribution in [1.82, 2.24) is 9.21 Å². The summed E-state index contributed by atoms with van der Waals surface area (Å²) in [4.78, 5) is 4.38. The van der Waals surface area contributed by atoms with Crippen LogP contribution in [-0.2, 0) is 23.0 Å². The molecule has 4 rings (SSSR count). The molecular weight excluding hydrogens is 388 g/mol. The summed E-state index contributed by atoms with van der Waals surface area (Å²) in [6.45, 7) is 5.06. The van der Waals surface area contributed by atoms with Gasteiger partial charge in [0.1, 0.15) is 0 Å². The topological polar surface area (TPSA) is 40.6 Å². The molecule has 0 unspecified atom stereocenters. The number of sulfonamides is 1. The van der Waals surface area contributed by atoms with Gasteiger partial charge < -0.3 is 0 Å². The maximum absolute atomic E-state index is 13.0. The van der Waals surface area contributed by atoms with E-state index < -0.39 is 10.0 Å². The number of hydrogen-bond donors (Lipinski definition) is 0. The number of thiophene rings is 1. The maximum Gasteiger partial charge on any atom is 0.243 e. The molecule has 0 N–H and O–H groups in total. The van der Waals surface area contributed by atoms with Crippen LogP contribution in [0.4, 0.5) is 0 Å². The molecule has 1 saturated heterocycles. The minimum absolute atomic E-state index is 0.337. The third-order valence-electron chi connectivity index (χ3n) is 5.55. The quantitative estimate of drug-likeness (QED) is 0.769. The van der Waals surface area contributed by atoms with Gasteiger partial charge in [-0.25, -0.2) is 8.42 Å². The highest BCUT2D eigenvalue weighted by Gasteiger charge is 2.33. The van der Waals surface area contributed by atoms with Gasteiger partial charge >= 0.3 is 0 Å². The maximum atomic E-state index is 13.0. The van der Waals surface area contributed by atoms with Crippen molar-refractivity contribution in [3.63, 3.8) is 0 Å². The summed E-state index contributed by atoms with van der Waals surface area (Å²) in [5.41, 5.74) is 2.20. The Kier molecular flexibility index (Phi) is 5.14. The molecule has 0 amide bonds. The molecule has 1 fully saturated rings. The van der Waals surface area contributed by atoms with E-state index in [0.29, 0.717) is 29.0 Å². The van der Waals surface area contributed by atoms with Crippen LogP contribution in [0.1, 0.15) is 28.8 Å². The fourth-order valence-electron chi connectivity index (χ4n) is 4.02. The first-order valence-corrected chi connectivity index (χ1v) is 11.7. The Hall–Kier alpha value is -0.920. The van der Waals surface area contributed by atoms with E-state index >= 15 is 0 Å². The number of piperidine rings is 1. The summed E-state index contributed by atoms with van der Waals surface area (Å²) in [5.74, 6) is 0. The van der Waals surface area contributed by atoms with E-state index in [-0.39, 0.29) is 0 Å². The van der Waals surface area contributed by atoms with Crippen molar-refractivity contribution in [2.45, 2.75) is 43.7 Å². The van der Waals surface area contributed by atoms with Gasteiger partial charge in [-0.2, -0.15) is 4.31 Å². The zero-order valence-electron chi connectivity index (χ0n) is 14.8. The van der Waals surface area contributed by atoms with Crippen molar-refractivity contribution in [2.75, 3.05) is 19.6 Å². The average molecular weight is 411 g/mol. The number of benzene rings is 1. The van der Waals surface area contributed by atoms with E-state index in [2.05, 4.69) is 16.3 Å². The smallest absolute Gasteiger partial charge is 0.243 e. The molecule has 2 aliphatic heterocycles. The number of aryl methyl sites for hydroxylation is 1. The Morgan fingerprint density at radius 1 is 1.15 bits per heavy atom. The fraction of sp³-hybridized carbons (Fsp3) is 0.474. The lowest BCUT2D eigenvalue weighted by Crippen LogP contribution is -2.47. The van der Waals surface area contributed by atoms with Gasteiger partial charge in [0, 0.05) is 42.1 Å². The van der Waals surface area contributed by atoms with Gasteiger partial charge in [-0.3, -0.25) is 4.90 Å². The molecule has 140 valence electrons. The molecule has 2 aliphatic rings. The van der Waals surface area contributed by atoms with Crippen LogP contribution in [0.5, 0.6) is 0 Å². The van der Waals surface area contributed by atoms with Crippen molar-refractivity contribution < 1.29 is 8.42 Å². The first-order valence-electron chi connectivity index (χ1n) is 9.01. The van der Waals surface area contributed by atoms with Crippen LogP contribution in [0.25, 0.3) is 0 Å². The van der Waals surface area contributed by atoms with Crippen LogP contribution in [0.15, 0.2) is 34.5 Å². The van der Waals surface area contributed by atoms with E-state index in [1.165, 1.54) is 10.4 Å². The van der Waals surface area contributed by atoms with Crippen LogP contribution < -0.4 is 0 Å². The Morgan fingerprint density at radius 3 is 2.69 bits per heavy atom. The van der Waals surface area contributed by atoms with Crippen molar-refractivity contribution >= 4 is 33.0 Å². The number of halogens is 1. The molecule has 0 aliphatic carbocycles. The van der Waals surface area contributed by atoms with E-state index in [1.54, 1.807) is 22.5 Å². The summed E-state index contributed by atoms with van der Waals surface area (Å²) in [7, 11) is -3.48. The molecule has 0 saturated carbocycles. The predicted octanol–water partition coefficient (Wildman–Crippen LogP) is 3.92. The molecule has 0 atom stereocenters. The Morgan fingerprint density at radius 2 is 1.92 bits per heavy atom. The van der Waals surface area contributed by atoms with E-state index in [4.69, 9.17) is 11.6 Å². The van der Waals surface area contributed by atoms with Gasteiger partial charge in [0.15, 0.2) is 0 Å². The predicted molar refractivity (Wildman–Crippen MR) is 106 cm³/mol. The normalized spacial score (nSPS) is 20.2. The second kappa shape index (κ2) is 7.24. The molecule has 26 heavy (non-hydrogen) atoms. The standard InChI is InChI=1S/C19H23ClN2O2S2/c1-14-2-3-16(20)12-19(14)26(23,24)22-9-4-17(5-10-22)21-8-6-18-15(13-21)7-11-25-18/h2-3,7,11-12,17H,4-6,8-10,13H2,1H3. The van der Waals surface area contributed by atoms with Crippen LogP contribution in [0.3, 0.4) is 0 Å². The molecule has 1 aromatic carbocycles. The zero-order valence-corrected chi connectivity index (χ0v) is 17.2. The monoisotopic (exact) mass is 410 g/mol. The van der Waals surface area contributed by atoms with Gasteiger partial charge in [-0.15, -0.1) is 11.3 Å². The van der Waals surface area contributed by atoms with Crippen molar-refractivity contribution in [3.05, 3.63) is 50.7 Å². The Labute approximate surface area is 164 Å². The average Bonchev–Trinajstić information content (AvgIpc) is 3.11. The van der Waals surface area contributed by atoms with Crippen molar-refractivity contribution in [1.29, 1.82) is 0 Å². The van der Waals surface area contributed by atoms with Gasteiger partial charge in [0.2, 0.25) is 10.0 Å². The molecule has 2 aromatic rings. The first-order chi connectivity index (χ1) is 12.4. The van der Waals surface area contributed by atoms with Crippen LogP contribution in [-0.4, -0.2) is 43.3 Å². The van der Waals surface area contributed by atoms with Crippen LogP contribution >= 0.6 is 22.9 Å². The second-order valence-corrected chi connectivity index (χ2v) is 10.5. The summed E-state index contributed by atoms with van der Waals surface area (Å²) in [5, 5.41) is 2.64. The highest BCUT2D eigenvalue weighted by atomic mass is 35.5. The van der Waals surface area contributed by atoms with E-state index in [0.717, 1.165) is 37.9 Å². The molecule has 0 radical (unpaired) electrons. The molecular formula is C19H23ClN2O2S2. The largest absolute Gasteiger partial charge is 0.296 e. The van der Waals surface area contributed by atoms with Crippen LogP contribution in [0.2, 0.25) is 5.02 Å². The van der Waals surface area contributed by atoms with E-state index in [1.807, 2.05) is 18.3 Å². The SMILES string of the molecule is Cc1ccc(Cl)cc1S(=O)(=O)N1CCC(N2CCc3sccc3C2)CC1. The Balaban J connectivity index is 1.44. The minimum Gasteiger partial charge on any atom is -0.296 e. The zero-order chi connectivity index (χ0) is 18.3. The third kappa shape index (κ3) is 3.45. The third-order valence-corrected chi connectivity index (χ3v) is 8.84. The number of hydrogen-bond acceptors (Lipinski definition) is 4. The molecule has 0 spiro atoms. The summed E-state index contributed by atoms with van der Waals surface area (Å²) in [6.07, 6.45) is 2.89. The lowest BCUT2D eigenvalue weighted by molar-refractivity contribution is 0.127. The molecule has 7 heteroatoms. The van der Waals surface area contributed by atoms with Gasteiger partial charge in [-0.05, 0) is 60.9 Å². The highest BCUT2D eigenvalue weighted by molar-refractivity contribution is 7.89. The lowest BCUT2D eigenvalue weighted by Gasteiger charge is -2.39. The fourth-order valence-corrected chi connectivity index (χ4v) is 6.87. The highest BCUT2D eigenvalue weighted by Crippen LogP contribution is 2.30. The minimum atomic E-state index is -3.48. The van der Waals surface area contributed by atoms with E-state index in [9.17, 15) is 8.42 Å². The van der Waals surface area contributed by atoms with Gasteiger partial charge in [0.25, 0.3) is 0 Å². The summed E-state index contributed by atoms with van der Waals surface area (Å²) >= 11 is 7.88. The van der Waals surface area contributed by atoms with Crippen molar-refractivity contribution in [2.24, 2.45) is 0 Å². The number of rotatable bonds is 3. The molecule has 0 bridgehead atoms. The first kappa shape index (κ1) is 18.4. The van der Waals surface area contributed by atoms with Gasteiger partial charge in [-0.1, -0.05) is 17.7 Å². The van der Waals surface area contributed by atoms with Gasteiger partial charge in [0.05, 0.1) is 4.90 Å². The second-order valence-electron chi connectivity index (χ2n) is 7.13. The molecule has 4 nitrogen and oxygen atoms in total. The number of nitrogens with zero attached hydrogens (tertiary/aromatic N) is 2. The molecule has 3 heterocycles. The lowest BCUT2D eigenvalue weighted by atomic mass is 10.0.